The number of hydrogen-bond donors (Lipinski definition) is 1. The molecule has 5 heteroatoms. The number of thiophene rings is 1. The van der Waals surface area contributed by atoms with Gasteiger partial charge in [0.05, 0.1) is 12.6 Å². The summed E-state index contributed by atoms with van der Waals surface area (Å²) in [5.41, 5.74) is 8.52. The molecule has 0 saturated carbocycles. The molecule has 104 valence electrons. The van der Waals surface area contributed by atoms with Gasteiger partial charge >= 0.3 is 0 Å². The molecule has 1 aliphatic rings. The Balaban J connectivity index is 2.00. The highest BCUT2D eigenvalue weighted by molar-refractivity contribution is 9.10. The van der Waals surface area contributed by atoms with Gasteiger partial charge in [0, 0.05) is 19.9 Å². The Morgan fingerprint density at radius 3 is 2.60 bits per heavy atom. The van der Waals surface area contributed by atoms with Gasteiger partial charge in [-0.1, -0.05) is 15.9 Å². The Kier molecular flexibility index (Phi) is 3.56. The minimum atomic E-state index is 0.209. The number of anilines is 1. The average Bonchev–Trinajstić information content (AvgIpc) is 2.93. The quantitative estimate of drug-likeness (QED) is 0.889. The first-order valence-electron chi connectivity index (χ1n) is 6.48. The van der Waals surface area contributed by atoms with Crippen molar-refractivity contribution in [1.82, 2.24) is 0 Å². The molecule has 3 rings (SSSR count). The standard InChI is InChI=1S/C15H16BrN3S/c1-9-7-13(10(2)20-9)14-8-18-15(17)19(14)12-5-3-11(16)4-6-12/h3-7,14H,8H2,1-2H3,(H2,17,18). The molecule has 1 aliphatic heterocycles. The van der Waals surface area contributed by atoms with Gasteiger partial charge in [0.15, 0.2) is 5.96 Å². The summed E-state index contributed by atoms with van der Waals surface area (Å²) in [6, 6.07) is 10.7. The molecule has 2 N–H and O–H groups in total. The minimum absolute atomic E-state index is 0.209. The van der Waals surface area contributed by atoms with Crippen molar-refractivity contribution in [3.63, 3.8) is 0 Å². The van der Waals surface area contributed by atoms with E-state index in [1.165, 1.54) is 15.3 Å². The van der Waals surface area contributed by atoms with Crippen molar-refractivity contribution in [3.05, 3.63) is 50.1 Å². The fourth-order valence-electron chi connectivity index (χ4n) is 2.63. The van der Waals surface area contributed by atoms with Gasteiger partial charge in [-0.2, -0.15) is 0 Å². The normalized spacial score (nSPS) is 18.4. The molecular weight excluding hydrogens is 334 g/mol. The van der Waals surface area contributed by atoms with Gasteiger partial charge < -0.3 is 10.6 Å². The highest BCUT2D eigenvalue weighted by atomic mass is 79.9. The molecule has 1 atom stereocenters. The number of nitrogens with zero attached hydrogens (tertiary/aromatic N) is 2. The lowest BCUT2D eigenvalue weighted by atomic mass is 10.1. The summed E-state index contributed by atoms with van der Waals surface area (Å²) in [7, 11) is 0. The second-order valence-corrected chi connectivity index (χ2v) is 7.31. The molecule has 0 aliphatic carbocycles. The van der Waals surface area contributed by atoms with Crippen molar-refractivity contribution in [2.24, 2.45) is 10.7 Å². The highest BCUT2D eigenvalue weighted by Gasteiger charge is 2.30. The van der Waals surface area contributed by atoms with Crippen LogP contribution in [-0.4, -0.2) is 12.5 Å². The van der Waals surface area contributed by atoms with E-state index in [0.29, 0.717) is 5.96 Å². The van der Waals surface area contributed by atoms with Crippen LogP contribution in [0.25, 0.3) is 0 Å². The van der Waals surface area contributed by atoms with Crippen LogP contribution in [0.3, 0.4) is 0 Å². The van der Waals surface area contributed by atoms with Gasteiger partial charge in [0.1, 0.15) is 0 Å². The average molecular weight is 350 g/mol. The van der Waals surface area contributed by atoms with Crippen molar-refractivity contribution >= 4 is 38.9 Å². The summed E-state index contributed by atoms with van der Waals surface area (Å²) >= 11 is 5.30. The van der Waals surface area contributed by atoms with Crippen LogP contribution in [-0.2, 0) is 0 Å². The molecule has 0 bridgehead atoms. The number of hydrogen-bond acceptors (Lipinski definition) is 4. The lowest BCUT2D eigenvalue weighted by Crippen LogP contribution is -2.36. The Morgan fingerprint density at radius 2 is 2.00 bits per heavy atom. The zero-order chi connectivity index (χ0) is 14.3. The van der Waals surface area contributed by atoms with E-state index in [2.05, 4.69) is 57.9 Å². The van der Waals surface area contributed by atoms with E-state index in [9.17, 15) is 0 Å². The summed E-state index contributed by atoms with van der Waals surface area (Å²) in [5.74, 6) is 0.598. The van der Waals surface area contributed by atoms with E-state index in [4.69, 9.17) is 5.73 Å². The van der Waals surface area contributed by atoms with Gasteiger partial charge in [-0.05, 0) is 49.7 Å². The monoisotopic (exact) mass is 349 g/mol. The van der Waals surface area contributed by atoms with E-state index in [1.54, 1.807) is 0 Å². The fourth-order valence-corrected chi connectivity index (χ4v) is 3.88. The van der Waals surface area contributed by atoms with E-state index in [-0.39, 0.29) is 6.04 Å². The molecular formula is C15H16BrN3S. The minimum Gasteiger partial charge on any atom is -0.369 e. The van der Waals surface area contributed by atoms with E-state index < -0.39 is 0 Å². The summed E-state index contributed by atoms with van der Waals surface area (Å²) in [6.07, 6.45) is 0. The highest BCUT2D eigenvalue weighted by Crippen LogP contribution is 2.36. The van der Waals surface area contributed by atoms with E-state index in [0.717, 1.165) is 16.7 Å². The molecule has 2 aromatic rings. The number of aliphatic imine (C=N–C) groups is 1. The maximum absolute atomic E-state index is 6.10. The van der Waals surface area contributed by atoms with E-state index in [1.807, 2.05) is 23.5 Å². The summed E-state index contributed by atoms with van der Waals surface area (Å²) in [5, 5.41) is 0. The second kappa shape index (κ2) is 5.22. The number of aryl methyl sites for hydroxylation is 2. The summed E-state index contributed by atoms with van der Waals surface area (Å²) in [6.45, 7) is 5.03. The molecule has 0 saturated heterocycles. The predicted octanol–water partition coefficient (Wildman–Crippen LogP) is 4.00. The first kappa shape index (κ1) is 13.6. The lowest BCUT2D eigenvalue weighted by Gasteiger charge is -2.26. The van der Waals surface area contributed by atoms with Crippen LogP contribution in [0, 0.1) is 13.8 Å². The first-order valence-corrected chi connectivity index (χ1v) is 8.09. The Morgan fingerprint density at radius 1 is 1.30 bits per heavy atom. The van der Waals surface area contributed by atoms with Crippen LogP contribution >= 0.6 is 27.3 Å². The van der Waals surface area contributed by atoms with Crippen LogP contribution in [0.1, 0.15) is 21.4 Å². The summed E-state index contributed by atoms with van der Waals surface area (Å²) < 4.78 is 1.06. The molecule has 1 unspecified atom stereocenters. The molecule has 0 radical (unpaired) electrons. The third-order valence-corrected chi connectivity index (χ3v) is 5.04. The number of rotatable bonds is 2. The van der Waals surface area contributed by atoms with Gasteiger partial charge in [-0.15, -0.1) is 11.3 Å². The molecule has 0 amide bonds. The topological polar surface area (TPSA) is 41.6 Å². The van der Waals surface area contributed by atoms with Gasteiger partial charge in [0.2, 0.25) is 0 Å². The van der Waals surface area contributed by atoms with Crippen molar-refractivity contribution in [2.75, 3.05) is 11.4 Å². The van der Waals surface area contributed by atoms with Crippen LogP contribution in [0.5, 0.6) is 0 Å². The van der Waals surface area contributed by atoms with Crippen molar-refractivity contribution < 1.29 is 0 Å². The number of guanidine groups is 1. The second-order valence-electron chi connectivity index (χ2n) is 4.93. The third-order valence-electron chi connectivity index (χ3n) is 3.53. The van der Waals surface area contributed by atoms with Crippen molar-refractivity contribution in [2.45, 2.75) is 19.9 Å². The molecule has 2 heterocycles. The van der Waals surface area contributed by atoms with Gasteiger partial charge in [-0.3, -0.25) is 4.99 Å². The van der Waals surface area contributed by atoms with E-state index >= 15 is 0 Å². The third kappa shape index (κ3) is 2.36. The molecule has 1 aromatic carbocycles. The Labute approximate surface area is 131 Å². The Hall–Kier alpha value is -1.33. The smallest absolute Gasteiger partial charge is 0.196 e. The first-order chi connectivity index (χ1) is 9.56. The number of nitrogens with two attached hydrogens (primary N) is 1. The predicted molar refractivity (Wildman–Crippen MR) is 89.6 cm³/mol. The van der Waals surface area contributed by atoms with Gasteiger partial charge in [-0.25, -0.2) is 0 Å². The number of halogens is 1. The molecule has 3 nitrogen and oxygen atoms in total. The largest absolute Gasteiger partial charge is 0.369 e. The van der Waals surface area contributed by atoms with Crippen LogP contribution in [0.15, 0.2) is 39.8 Å². The lowest BCUT2D eigenvalue weighted by molar-refractivity contribution is 0.767. The molecule has 0 spiro atoms. The maximum Gasteiger partial charge on any atom is 0.196 e. The fraction of sp³-hybridized carbons (Fsp3) is 0.267. The maximum atomic E-state index is 6.10. The van der Waals surface area contributed by atoms with Crippen molar-refractivity contribution in [3.8, 4) is 0 Å². The molecule has 20 heavy (non-hydrogen) atoms. The Bertz CT molecular complexity index is 660. The van der Waals surface area contributed by atoms with Crippen LogP contribution < -0.4 is 10.6 Å². The molecule has 0 fully saturated rings. The molecule has 1 aromatic heterocycles. The zero-order valence-electron chi connectivity index (χ0n) is 11.4. The zero-order valence-corrected chi connectivity index (χ0v) is 13.8. The summed E-state index contributed by atoms with van der Waals surface area (Å²) in [4.78, 5) is 9.24. The van der Waals surface area contributed by atoms with Gasteiger partial charge in [0.25, 0.3) is 0 Å². The van der Waals surface area contributed by atoms with Crippen LogP contribution in [0.2, 0.25) is 0 Å². The van der Waals surface area contributed by atoms with Crippen LogP contribution in [0.4, 0.5) is 5.69 Å². The number of benzene rings is 1. The SMILES string of the molecule is Cc1cc(C2CN=C(N)N2c2ccc(Br)cc2)c(C)s1. The van der Waals surface area contributed by atoms with Crippen molar-refractivity contribution in [1.29, 1.82) is 0 Å².